The average molecular weight is 279 g/mol. The minimum absolute atomic E-state index is 0.169. The molecule has 1 N–H and O–H groups in total. The summed E-state index contributed by atoms with van der Waals surface area (Å²) in [6.45, 7) is 4.62. The summed E-state index contributed by atoms with van der Waals surface area (Å²) in [4.78, 5) is 24.0. The summed E-state index contributed by atoms with van der Waals surface area (Å²) >= 11 is 0. The summed E-state index contributed by atoms with van der Waals surface area (Å²) in [5.41, 5.74) is 0.886. The molecule has 1 aromatic rings. The Labute approximate surface area is 119 Å². The molecule has 1 aliphatic rings. The molecule has 1 saturated heterocycles. The first-order chi connectivity index (χ1) is 9.68. The Kier molecular flexibility index (Phi) is 6.56. The van der Waals surface area contributed by atoms with E-state index in [1.54, 1.807) is 0 Å². The van der Waals surface area contributed by atoms with Gasteiger partial charge in [-0.2, -0.15) is 0 Å². The van der Waals surface area contributed by atoms with Crippen molar-refractivity contribution >= 4 is 12.1 Å². The van der Waals surface area contributed by atoms with Gasteiger partial charge in [-0.1, -0.05) is 44.2 Å². The molecule has 20 heavy (non-hydrogen) atoms. The van der Waals surface area contributed by atoms with Crippen LogP contribution in [0.4, 0.5) is 4.79 Å². The Morgan fingerprint density at radius 3 is 2.55 bits per heavy atom. The molecule has 0 aliphatic carbocycles. The summed E-state index contributed by atoms with van der Waals surface area (Å²) in [6.07, 6.45) is 0.649. The molecular weight excluding hydrogens is 258 g/mol. The third-order valence-corrected chi connectivity index (χ3v) is 2.98. The quantitative estimate of drug-likeness (QED) is 0.923. The van der Waals surface area contributed by atoms with Crippen LogP contribution >= 0.6 is 0 Å². The summed E-state index contributed by atoms with van der Waals surface area (Å²) < 4.78 is 5.12. The predicted octanol–water partition coefficient (Wildman–Crippen LogP) is 2.90. The van der Waals surface area contributed by atoms with Crippen LogP contribution in [-0.2, 0) is 16.1 Å². The second-order valence-electron chi connectivity index (χ2n) is 4.23. The van der Waals surface area contributed by atoms with Crippen molar-refractivity contribution in [3.63, 3.8) is 0 Å². The number of carboxylic acid groups (broad SMARTS) is 1. The van der Waals surface area contributed by atoms with Crippen molar-refractivity contribution in [1.82, 2.24) is 4.90 Å². The lowest BCUT2D eigenvalue weighted by Crippen LogP contribution is -2.40. The summed E-state index contributed by atoms with van der Waals surface area (Å²) in [7, 11) is 0. The van der Waals surface area contributed by atoms with Crippen LogP contribution in [0.15, 0.2) is 30.3 Å². The lowest BCUT2D eigenvalue weighted by molar-refractivity contribution is -0.141. The molecule has 0 radical (unpaired) electrons. The monoisotopic (exact) mass is 279 g/mol. The van der Waals surface area contributed by atoms with E-state index in [2.05, 4.69) is 0 Å². The van der Waals surface area contributed by atoms with E-state index >= 15 is 0 Å². The van der Waals surface area contributed by atoms with E-state index in [4.69, 9.17) is 9.84 Å². The highest BCUT2D eigenvalue weighted by atomic mass is 16.6. The topological polar surface area (TPSA) is 66.8 Å². The van der Waals surface area contributed by atoms with Gasteiger partial charge in [-0.05, 0) is 18.4 Å². The Morgan fingerprint density at radius 1 is 1.30 bits per heavy atom. The molecular formula is C15H21NO4. The van der Waals surface area contributed by atoms with Crippen LogP contribution < -0.4 is 0 Å². The number of nitrogens with zero attached hydrogens (tertiary/aromatic N) is 1. The molecule has 1 amide bonds. The minimum Gasteiger partial charge on any atom is -0.480 e. The van der Waals surface area contributed by atoms with E-state index in [0.29, 0.717) is 19.4 Å². The highest BCUT2D eigenvalue weighted by molar-refractivity contribution is 5.80. The van der Waals surface area contributed by atoms with Gasteiger partial charge in [-0.3, -0.25) is 4.90 Å². The Balaban J connectivity index is 0.000000956. The number of amides is 1. The van der Waals surface area contributed by atoms with Crippen molar-refractivity contribution in [2.24, 2.45) is 0 Å². The van der Waals surface area contributed by atoms with Crippen molar-refractivity contribution in [2.45, 2.75) is 39.3 Å². The third-order valence-electron chi connectivity index (χ3n) is 2.98. The van der Waals surface area contributed by atoms with Crippen LogP contribution in [-0.4, -0.2) is 34.7 Å². The van der Waals surface area contributed by atoms with Crippen LogP contribution in [0.3, 0.4) is 0 Å². The van der Waals surface area contributed by atoms with Crippen molar-refractivity contribution in [3.05, 3.63) is 35.9 Å². The number of carboxylic acids is 1. The molecule has 1 fully saturated rings. The van der Waals surface area contributed by atoms with E-state index in [0.717, 1.165) is 5.56 Å². The molecule has 1 heterocycles. The van der Waals surface area contributed by atoms with Gasteiger partial charge in [0.2, 0.25) is 0 Å². The largest absolute Gasteiger partial charge is 0.480 e. The lowest BCUT2D eigenvalue weighted by atomic mass is 10.2. The minimum atomic E-state index is -0.968. The zero-order valence-electron chi connectivity index (χ0n) is 11.9. The van der Waals surface area contributed by atoms with Crippen molar-refractivity contribution in [3.8, 4) is 0 Å². The number of ether oxygens (including phenoxy) is 1. The molecule has 5 heteroatoms. The fourth-order valence-electron chi connectivity index (χ4n) is 2.04. The van der Waals surface area contributed by atoms with Crippen molar-refractivity contribution in [2.75, 3.05) is 6.54 Å². The highest BCUT2D eigenvalue weighted by Crippen LogP contribution is 2.18. The van der Waals surface area contributed by atoms with E-state index in [1.165, 1.54) is 4.90 Å². The van der Waals surface area contributed by atoms with Crippen LogP contribution in [0.5, 0.6) is 0 Å². The van der Waals surface area contributed by atoms with Crippen LogP contribution in [0.2, 0.25) is 0 Å². The summed E-state index contributed by atoms with van der Waals surface area (Å²) in [6, 6.07) is 8.57. The molecule has 1 aliphatic heterocycles. The molecule has 1 unspecified atom stereocenters. The Bertz CT molecular complexity index is 433. The van der Waals surface area contributed by atoms with Crippen molar-refractivity contribution in [1.29, 1.82) is 0 Å². The van der Waals surface area contributed by atoms with Crippen LogP contribution in [0.25, 0.3) is 0 Å². The summed E-state index contributed by atoms with van der Waals surface area (Å²) in [5.74, 6) is -0.968. The molecule has 2 rings (SSSR count). The second-order valence-corrected chi connectivity index (χ2v) is 4.23. The van der Waals surface area contributed by atoms with E-state index in [-0.39, 0.29) is 6.61 Å². The van der Waals surface area contributed by atoms with Gasteiger partial charge in [0.05, 0.1) is 0 Å². The zero-order chi connectivity index (χ0) is 15.0. The van der Waals surface area contributed by atoms with Gasteiger partial charge in [-0.15, -0.1) is 0 Å². The van der Waals surface area contributed by atoms with Gasteiger partial charge in [0, 0.05) is 6.54 Å². The molecule has 0 spiro atoms. The molecule has 0 saturated carbocycles. The SMILES string of the molecule is CC.O=C(O)C1CCCN1C(=O)OCc1ccccc1. The predicted molar refractivity (Wildman–Crippen MR) is 75.3 cm³/mol. The molecule has 1 atom stereocenters. The number of carbonyl (C=O) groups excluding carboxylic acids is 1. The molecule has 0 aromatic heterocycles. The average Bonchev–Trinajstić information content (AvgIpc) is 2.98. The molecule has 1 aromatic carbocycles. The Hall–Kier alpha value is -2.04. The maximum atomic E-state index is 11.8. The van der Waals surface area contributed by atoms with E-state index in [9.17, 15) is 9.59 Å². The maximum absolute atomic E-state index is 11.8. The third kappa shape index (κ3) is 4.26. The maximum Gasteiger partial charge on any atom is 0.410 e. The van der Waals surface area contributed by atoms with Crippen LogP contribution in [0.1, 0.15) is 32.3 Å². The Morgan fingerprint density at radius 2 is 1.95 bits per heavy atom. The number of aliphatic carboxylic acids is 1. The smallest absolute Gasteiger partial charge is 0.410 e. The van der Waals surface area contributed by atoms with Crippen molar-refractivity contribution < 1.29 is 19.4 Å². The van der Waals surface area contributed by atoms with Gasteiger partial charge in [0.1, 0.15) is 12.6 Å². The first-order valence-corrected chi connectivity index (χ1v) is 6.88. The number of hydrogen-bond acceptors (Lipinski definition) is 3. The van der Waals surface area contributed by atoms with Gasteiger partial charge in [0.15, 0.2) is 0 Å². The molecule has 110 valence electrons. The van der Waals surface area contributed by atoms with Crippen LogP contribution in [0, 0.1) is 0 Å². The standard InChI is InChI=1S/C13H15NO4.C2H6/c15-12(16)11-7-4-8-14(11)13(17)18-9-10-5-2-1-3-6-10;1-2/h1-3,5-6,11H,4,7-9H2,(H,15,16);1-2H3. The number of rotatable bonds is 3. The first-order valence-electron chi connectivity index (χ1n) is 6.88. The fourth-order valence-corrected chi connectivity index (χ4v) is 2.04. The highest BCUT2D eigenvalue weighted by Gasteiger charge is 2.34. The normalized spacial score (nSPS) is 17.1. The number of likely N-dealkylation sites (tertiary alicyclic amines) is 1. The fraction of sp³-hybridized carbons (Fsp3) is 0.467. The van der Waals surface area contributed by atoms with Gasteiger partial charge in [0.25, 0.3) is 0 Å². The first kappa shape index (κ1) is 16.0. The van der Waals surface area contributed by atoms with E-state index in [1.807, 2.05) is 44.2 Å². The van der Waals surface area contributed by atoms with Gasteiger partial charge < -0.3 is 9.84 Å². The number of carbonyl (C=O) groups is 2. The molecule has 0 bridgehead atoms. The summed E-state index contributed by atoms with van der Waals surface area (Å²) in [5, 5.41) is 8.97. The zero-order valence-corrected chi connectivity index (χ0v) is 11.9. The van der Waals surface area contributed by atoms with E-state index < -0.39 is 18.1 Å². The number of benzene rings is 1. The van der Waals surface area contributed by atoms with Gasteiger partial charge in [-0.25, -0.2) is 9.59 Å². The second kappa shape index (κ2) is 8.19. The number of hydrogen-bond donors (Lipinski definition) is 1. The molecule has 5 nitrogen and oxygen atoms in total. The lowest BCUT2D eigenvalue weighted by Gasteiger charge is -2.20. The van der Waals surface area contributed by atoms with Gasteiger partial charge >= 0.3 is 12.1 Å².